The van der Waals surface area contributed by atoms with Crippen LogP contribution in [0.5, 0.6) is 5.75 Å². The van der Waals surface area contributed by atoms with Crippen LogP contribution in [0.4, 0.5) is 5.69 Å². The van der Waals surface area contributed by atoms with Crippen LogP contribution in [0.3, 0.4) is 0 Å². The summed E-state index contributed by atoms with van der Waals surface area (Å²) in [4.78, 5) is 24.7. The number of fused-ring (bicyclic) bond motifs is 1. The molecule has 0 fully saturated rings. The number of benzene rings is 2. The second kappa shape index (κ2) is 8.45. The summed E-state index contributed by atoms with van der Waals surface area (Å²) < 4.78 is 12.2. The number of rotatable bonds is 5. The summed E-state index contributed by atoms with van der Waals surface area (Å²) in [6.07, 6.45) is 0. The Balaban J connectivity index is 1.67. The highest BCUT2D eigenvalue weighted by Gasteiger charge is 2.20. The summed E-state index contributed by atoms with van der Waals surface area (Å²) >= 11 is 9.70. The third-order valence-electron chi connectivity index (χ3n) is 3.82. The van der Waals surface area contributed by atoms with Gasteiger partial charge in [0, 0.05) is 19.3 Å². The Hall–Kier alpha value is -1.84. The number of aryl methyl sites for hydroxylation is 1. The molecule has 0 atom stereocenters. The summed E-state index contributed by atoms with van der Waals surface area (Å²) in [6, 6.07) is 11.0. The van der Waals surface area contributed by atoms with Crippen molar-refractivity contribution in [1.29, 1.82) is 0 Å². The first-order valence-electron chi connectivity index (χ1n) is 7.88. The van der Waals surface area contributed by atoms with Crippen molar-refractivity contribution in [2.24, 2.45) is 0 Å². The number of carbonyl (C=O) groups is 2. The van der Waals surface area contributed by atoms with E-state index in [-0.39, 0.29) is 4.88 Å². The molecule has 0 bridgehead atoms. The van der Waals surface area contributed by atoms with Gasteiger partial charge in [-0.25, -0.2) is 4.79 Å². The van der Waals surface area contributed by atoms with Gasteiger partial charge in [-0.3, -0.25) is 4.79 Å². The lowest BCUT2D eigenvalue weighted by atomic mass is 10.2. The highest BCUT2D eigenvalue weighted by molar-refractivity contribution is 14.1. The van der Waals surface area contributed by atoms with Crippen molar-refractivity contribution in [1.82, 2.24) is 0 Å². The number of halogens is 2. The van der Waals surface area contributed by atoms with Crippen LogP contribution >= 0.6 is 45.5 Å². The van der Waals surface area contributed by atoms with Gasteiger partial charge in [-0.05, 0) is 71.5 Å². The molecule has 27 heavy (non-hydrogen) atoms. The van der Waals surface area contributed by atoms with Crippen LogP contribution in [0, 0.1) is 10.5 Å². The third kappa shape index (κ3) is 4.53. The zero-order valence-electron chi connectivity index (χ0n) is 14.5. The molecular formula is C19H15ClINO4S. The minimum atomic E-state index is -0.630. The Morgan fingerprint density at radius 3 is 2.70 bits per heavy atom. The van der Waals surface area contributed by atoms with E-state index in [0.717, 1.165) is 19.2 Å². The quantitative estimate of drug-likeness (QED) is 0.371. The van der Waals surface area contributed by atoms with E-state index in [4.69, 9.17) is 21.1 Å². The third-order valence-corrected chi connectivity index (χ3v) is 6.13. The lowest BCUT2D eigenvalue weighted by Gasteiger charge is -2.09. The zero-order chi connectivity index (χ0) is 19.6. The maximum absolute atomic E-state index is 12.3. The first-order chi connectivity index (χ1) is 12.9. The van der Waals surface area contributed by atoms with Crippen molar-refractivity contribution in [3.8, 4) is 5.75 Å². The lowest BCUT2D eigenvalue weighted by molar-refractivity contribution is -0.119. The van der Waals surface area contributed by atoms with Gasteiger partial charge in [0.1, 0.15) is 10.6 Å². The average Bonchev–Trinajstić information content (AvgIpc) is 2.98. The van der Waals surface area contributed by atoms with Crippen LogP contribution < -0.4 is 10.1 Å². The number of methoxy groups -OCH3 is 1. The molecule has 3 aromatic rings. The number of anilines is 1. The summed E-state index contributed by atoms with van der Waals surface area (Å²) in [6.45, 7) is 1.51. The van der Waals surface area contributed by atoms with Gasteiger partial charge in [0.25, 0.3) is 5.91 Å². The molecule has 0 saturated carbocycles. The standard InChI is InChI=1S/C19H15ClINO4S/c1-10-7-11(21)3-6-14(10)22-16(23)9-26-19(24)18-17(20)13-5-4-12(25-2)8-15(13)27-18/h3-8H,9H2,1-2H3,(H,22,23). The second-order valence-corrected chi connectivity index (χ2v) is 8.37. The summed E-state index contributed by atoms with van der Waals surface area (Å²) in [7, 11) is 1.57. The number of hydrogen-bond acceptors (Lipinski definition) is 5. The molecule has 0 unspecified atom stereocenters. The predicted octanol–water partition coefficient (Wildman–Crippen LogP) is 5.27. The molecule has 0 spiro atoms. The van der Waals surface area contributed by atoms with E-state index in [1.165, 1.54) is 11.3 Å². The Morgan fingerprint density at radius 1 is 1.22 bits per heavy atom. The number of carbonyl (C=O) groups excluding carboxylic acids is 2. The van der Waals surface area contributed by atoms with Crippen LogP contribution in [0.1, 0.15) is 15.2 Å². The molecule has 2 aromatic carbocycles. The molecule has 1 amide bonds. The van der Waals surface area contributed by atoms with E-state index in [2.05, 4.69) is 27.9 Å². The molecule has 0 aliphatic carbocycles. The summed E-state index contributed by atoms with van der Waals surface area (Å²) in [5, 5.41) is 3.80. The van der Waals surface area contributed by atoms with Crippen molar-refractivity contribution in [2.75, 3.05) is 19.0 Å². The molecule has 0 aliphatic rings. The largest absolute Gasteiger partial charge is 0.497 e. The monoisotopic (exact) mass is 515 g/mol. The number of thiophene rings is 1. The Kier molecular flexibility index (Phi) is 6.23. The van der Waals surface area contributed by atoms with Crippen molar-refractivity contribution in [3.63, 3.8) is 0 Å². The molecule has 0 saturated heterocycles. The smallest absolute Gasteiger partial charge is 0.350 e. The van der Waals surface area contributed by atoms with Crippen LogP contribution in [-0.4, -0.2) is 25.6 Å². The van der Waals surface area contributed by atoms with E-state index >= 15 is 0 Å². The van der Waals surface area contributed by atoms with Crippen molar-refractivity contribution in [3.05, 3.63) is 55.4 Å². The first kappa shape index (κ1) is 19.9. The van der Waals surface area contributed by atoms with Crippen molar-refractivity contribution >= 4 is 73.2 Å². The molecule has 3 rings (SSSR count). The maximum Gasteiger partial charge on any atom is 0.350 e. The number of nitrogens with one attached hydrogen (secondary N) is 1. The molecule has 1 heterocycles. The SMILES string of the molecule is COc1ccc2c(Cl)c(C(=O)OCC(=O)Nc3ccc(I)cc3C)sc2c1. The van der Waals surface area contributed by atoms with Gasteiger partial charge in [-0.1, -0.05) is 11.6 Å². The van der Waals surface area contributed by atoms with Gasteiger partial charge in [0.05, 0.1) is 12.1 Å². The lowest BCUT2D eigenvalue weighted by Crippen LogP contribution is -2.21. The van der Waals surface area contributed by atoms with Gasteiger partial charge in [-0.15, -0.1) is 11.3 Å². The van der Waals surface area contributed by atoms with Gasteiger partial charge in [0.2, 0.25) is 0 Å². The normalized spacial score (nSPS) is 10.7. The summed E-state index contributed by atoms with van der Waals surface area (Å²) in [5.74, 6) is -0.367. The van der Waals surface area contributed by atoms with Crippen LogP contribution in [0.15, 0.2) is 36.4 Å². The molecule has 1 N–H and O–H groups in total. The minimum Gasteiger partial charge on any atom is -0.497 e. The molecular weight excluding hydrogens is 501 g/mol. The predicted molar refractivity (Wildman–Crippen MR) is 116 cm³/mol. The van der Waals surface area contributed by atoms with Crippen molar-refractivity contribution in [2.45, 2.75) is 6.92 Å². The molecule has 140 valence electrons. The van der Waals surface area contributed by atoms with E-state index in [1.54, 1.807) is 25.3 Å². The zero-order valence-corrected chi connectivity index (χ0v) is 18.2. The fourth-order valence-corrected chi connectivity index (χ4v) is 4.53. The Bertz CT molecular complexity index is 1030. The molecule has 1 aromatic heterocycles. The van der Waals surface area contributed by atoms with Crippen LogP contribution in [0.25, 0.3) is 10.1 Å². The minimum absolute atomic E-state index is 0.262. The van der Waals surface area contributed by atoms with Crippen LogP contribution in [-0.2, 0) is 9.53 Å². The fraction of sp³-hybridized carbons (Fsp3) is 0.158. The number of hydrogen-bond donors (Lipinski definition) is 1. The topological polar surface area (TPSA) is 64.6 Å². The molecule has 8 heteroatoms. The van der Waals surface area contributed by atoms with Gasteiger partial charge in [-0.2, -0.15) is 0 Å². The second-order valence-electron chi connectivity index (χ2n) is 5.69. The fourth-order valence-electron chi connectivity index (χ4n) is 2.45. The Labute approximate surface area is 178 Å². The molecule has 0 aliphatic heterocycles. The van der Waals surface area contributed by atoms with Gasteiger partial charge in [0.15, 0.2) is 6.61 Å². The van der Waals surface area contributed by atoms with Crippen molar-refractivity contribution < 1.29 is 19.1 Å². The molecule has 5 nitrogen and oxygen atoms in total. The maximum atomic E-state index is 12.3. The van der Waals surface area contributed by atoms with Crippen LogP contribution in [0.2, 0.25) is 5.02 Å². The Morgan fingerprint density at radius 2 is 2.00 bits per heavy atom. The van der Waals surface area contributed by atoms with E-state index in [9.17, 15) is 9.59 Å². The number of amides is 1. The number of ether oxygens (including phenoxy) is 2. The number of esters is 1. The highest BCUT2D eigenvalue weighted by Crippen LogP contribution is 2.37. The van der Waals surface area contributed by atoms with Gasteiger partial charge < -0.3 is 14.8 Å². The van der Waals surface area contributed by atoms with Gasteiger partial charge >= 0.3 is 5.97 Å². The molecule has 0 radical (unpaired) electrons. The van der Waals surface area contributed by atoms with E-state index < -0.39 is 18.5 Å². The first-order valence-corrected chi connectivity index (χ1v) is 10.2. The highest BCUT2D eigenvalue weighted by atomic mass is 127. The van der Waals surface area contributed by atoms with E-state index in [1.807, 2.05) is 25.1 Å². The average molecular weight is 516 g/mol. The summed E-state index contributed by atoms with van der Waals surface area (Å²) in [5.41, 5.74) is 1.62. The van der Waals surface area contributed by atoms with E-state index in [0.29, 0.717) is 16.5 Å².